The summed E-state index contributed by atoms with van der Waals surface area (Å²) in [4.78, 5) is 20.7. The third-order valence-corrected chi connectivity index (χ3v) is 5.04. The molecule has 0 saturated carbocycles. The molecule has 2 aromatic carbocycles. The minimum Gasteiger partial charge on any atom is -0.406 e. The first-order valence-corrected chi connectivity index (χ1v) is 10.0. The average molecular weight is 490 g/mol. The Morgan fingerprint density at radius 2 is 1.91 bits per heavy atom. The summed E-state index contributed by atoms with van der Waals surface area (Å²) in [5.41, 5.74) is 8.89. The number of fused-ring (bicyclic) bond motifs is 1. The maximum Gasteiger partial charge on any atom is 0.573 e. The number of aryl methyl sites for hydroxylation is 2. The van der Waals surface area contributed by atoms with E-state index < -0.39 is 35.5 Å². The van der Waals surface area contributed by atoms with E-state index in [1.54, 1.807) is 30.7 Å². The van der Waals surface area contributed by atoms with Crippen LogP contribution in [0.25, 0.3) is 16.7 Å². The molecule has 0 radical (unpaired) electrons. The summed E-state index contributed by atoms with van der Waals surface area (Å²) in [5, 5.41) is 17.2. The lowest BCUT2D eigenvalue weighted by molar-refractivity contribution is -0.274. The number of halogens is 4. The highest BCUT2D eigenvalue weighted by Gasteiger charge is 2.32. The summed E-state index contributed by atoms with van der Waals surface area (Å²) in [6, 6.07) is 6.72. The van der Waals surface area contributed by atoms with E-state index in [4.69, 9.17) is 5.73 Å². The van der Waals surface area contributed by atoms with Gasteiger partial charge in [0, 0.05) is 11.8 Å². The molecular formula is C22H18F4N6O3. The van der Waals surface area contributed by atoms with Crippen molar-refractivity contribution < 1.29 is 32.2 Å². The maximum atomic E-state index is 13.7. The largest absolute Gasteiger partial charge is 0.573 e. The summed E-state index contributed by atoms with van der Waals surface area (Å²) in [6.07, 6.45) is -5.69. The van der Waals surface area contributed by atoms with E-state index in [1.807, 2.05) is 0 Å². The van der Waals surface area contributed by atoms with Gasteiger partial charge in [0.05, 0.1) is 11.4 Å². The molecule has 1 atom stereocenters. The predicted octanol–water partition coefficient (Wildman–Crippen LogP) is 3.72. The van der Waals surface area contributed by atoms with Gasteiger partial charge in [-0.1, -0.05) is 0 Å². The molecule has 2 heterocycles. The molecule has 4 N–H and O–H groups in total. The van der Waals surface area contributed by atoms with Gasteiger partial charge in [-0.3, -0.25) is 4.79 Å². The van der Waals surface area contributed by atoms with Crippen molar-refractivity contribution in [3.05, 3.63) is 65.4 Å². The lowest BCUT2D eigenvalue weighted by atomic mass is 10.1. The summed E-state index contributed by atoms with van der Waals surface area (Å²) < 4.78 is 56.3. The molecule has 1 amide bonds. The number of aliphatic hydroxyl groups excluding tert-OH is 1. The quantitative estimate of drug-likeness (QED) is 0.364. The molecule has 4 rings (SSSR count). The summed E-state index contributed by atoms with van der Waals surface area (Å²) in [5.74, 6) is -2.76. The predicted molar refractivity (Wildman–Crippen MR) is 117 cm³/mol. The molecule has 0 saturated heterocycles. The highest BCUT2D eigenvalue weighted by molar-refractivity contribution is 5.95. The third-order valence-electron chi connectivity index (χ3n) is 5.04. The fourth-order valence-electron chi connectivity index (χ4n) is 3.56. The van der Waals surface area contributed by atoms with E-state index in [9.17, 15) is 27.5 Å². The van der Waals surface area contributed by atoms with Gasteiger partial charge in [-0.25, -0.2) is 19.0 Å². The van der Waals surface area contributed by atoms with E-state index in [-0.39, 0.29) is 11.5 Å². The van der Waals surface area contributed by atoms with Crippen LogP contribution in [0.5, 0.6) is 5.75 Å². The number of aromatic nitrogens is 4. The second-order valence-corrected chi connectivity index (χ2v) is 7.61. The van der Waals surface area contributed by atoms with Crippen molar-refractivity contribution in [2.24, 2.45) is 0 Å². The van der Waals surface area contributed by atoms with Crippen LogP contribution in [-0.2, 0) is 4.79 Å². The van der Waals surface area contributed by atoms with Crippen molar-refractivity contribution in [2.45, 2.75) is 26.3 Å². The number of anilines is 2. The zero-order valence-electron chi connectivity index (χ0n) is 18.3. The molecule has 9 nitrogen and oxygen atoms in total. The van der Waals surface area contributed by atoms with Gasteiger partial charge in [-0.2, -0.15) is 5.10 Å². The number of benzene rings is 2. The van der Waals surface area contributed by atoms with Gasteiger partial charge < -0.3 is 20.9 Å². The Hall–Kier alpha value is -4.26. The van der Waals surface area contributed by atoms with Crippen molar-refractivity contribution in [3.8, 4) is 11.4 Å². The molecule has 35 heavy (non-hydrogen) atoms. The Labute approximate surface area is 195 Å². The molecule has 0 bridgehead atoms. The molecular weight excluding hydrogens is 472 g/mol. The van der Waals surface area contributed by atoms with Gasteiger partial charge in [0.1, 0.15) is 28.9 Å². The number of rotatable bonds is 5. The first-order valence-electron chi connectivity index (χ1n) is 10.0. The number of nitrogens with zero attached hydrogens (tertiary/aromatic N) is 4. The monoisotopic (exact) mass is 490 g/mol. The molecule has 0 unspecified atom stereocenters. The normalized spacial score (nSPS) is 12.5. The van der Waals surface area contributed by atoms with E-state index in [0.717, 1.165) is 12.1 Å². The molecule has 0 aliphatic carbocycles. The van der Waals surface area contributed by atoms with Crippen LogP contribution >= 0.6 is 0 Å². The zero-order chi connectivity index (χ0) is 25.5. The standard InChI is InChI=1S/C22H18F4N6O3/c1-10-5-14(3-4-16(10)32-18-17(11(2)31-32)28-9-29-20(18)27)30-21(34)19(33)12-6-13(23)8-15(7-12)35-22(24,25)26/h3-9,19,33H,1-2H3,(H,30,34)(H2,27,28,29)/t19-/m1/s1. The number of carbonyl (C=O) groups is 1. The first kappa shape index (κ1) is 23.9. The number of hydrogen-bond acceptors (Lipinski definition) is 7. The highest BCUT2D eigenvalue weighted by atomic mass is 19.4. The fraction of sp³-hybridized carbons (Fsp3) is 0.182. The Balaban J connectivity index is 1.58. The van der Waals surface area contributed by atoms with Gasteiger partial charge in [0.15, 0.2) is 11.9 Å². The third kappa shape index (κ3) is 4.99. The second-order valence-electron chi connectivity index (χ2n) is 7.61. The number of amides is 1. The van der Waals surface area contributed by atoms with Crippen molar-refractivity contribution in [3.63, 3.8) is 0 Å². The van der Waals surface area contributed by atoms with Crippen molar-refractivity contribution in [1.82, 2.24) is 19.7 Å². The van der Waals surface area contributed by atoms with Crippen LogP contribution in [0.4, 0.5) is 29.1 Å². The van der Waals surface area contributed by atoms with Crippen LogP contribution in [0.15, 0.2) is 42.7 Å². The highest BCUT2D eigenvalue weighted by Crippen LogP contribution is 2.29. The van der Waals surface area contributed by atoms with Crippen LogP contribution in [0, 0.1) is 19.7 Å². The number of aliphatic hydroxyl groups is 1. The summed E-state index contributed by atoms with van der Waals surface area (Å²) >= 11 is 0. The molecule has 13 heteroatoms. The molecule has 0 aliphatic heterocycles. The van der Waals surface area contributed by atoms with Crippen LogP contribution in [0.2, 0.25) is 0 Å². The van der Waals surface area contributed by atoms with E-state index >= 15 is 0 Å². The van der Waals surface area contributed by atoms with Gasteiger partial charge in [-0.15, -0.1) is 13.2 Å². The lowest BCUT2D eigenvalue weighted by Gasteiger charge is -2.15. The van der Waals surface area contributed by atoms with Crippen LogP contribution < -0.4 is 15.8 Å². The van der Waals surface area contributed by atoms with Crippen molar-refractivity contribution in [2.75, 3.05) is 11.1 Å². The van der Waals surface area contributed by atoms with Gasteiger partial charge in [0.2, 0.25) is 0 Å². The Kier molecular flexibility index (Phi) is 6.03. The Morgan fingerprint density at radius 1 is 1.17 bits per heavy atom. The molecule has 0 aliphatic rings. The smallest absolute Gasteiger partial charge is 0.406 e. The van der Waals surface area contributed by atoms with Gasteiger partial charge >= 0.3 is 6.36 Å². The van der Waals surface area contributed by atoms with Crippen LogP contribution in [0.1, 0.15) is 22.9 Å². The zero-order valence-corrected chi connectivity index (χ0v) is 18.3. The Bertz CT molecular complexity index is 1440. The summed E-state index contributed by atoms with van der Waals surface area (Å²) in [6.45, 7) is 3.52. The van der Waals surface area contributed by atoms with Crippen LogP contribution in [0.3, 0.4) is 0 Å². The Morgan fingerprint density at radius 3 is 2.60 bits per heavy atom. The molecule has 2 aromatic heterocycles. The lowest BCUT2D eigenvalue weighted by Crippen LogP contribution is -2.22. The summed E-state index contributed by atoms with van der Waals surface area (Å²) in [7, 11) is 0. The SMILES string of the molecule is Cc1cc(NC(=O)[C@H](O)c2cc(F)cc(OC(F)(F)F)c2)ccc1-n1nc(C)c2ncnc(N)c21. The number of ether oxygens (including phenoxy) is 1. The number of carbonyl (C=O) groups excluding carboxylic acids is 1. The molecule has 0 spiro atoms. The number of nitrogens with one attached hydrogen (secondary N) is 1. The molecule has 182 valence electrons. The maximum absolute atomic E-state index is 13.7. The van der Waals surface area contributed by atoms with Crippen LogP contribution in [-0.4, -0.2) is 37.1 Å². The van der Waals surface area contributed by atoms with E-state index in [1.165, 1.54) is 12.4 Å². The number of nitrogens with two attached hydrogens (primary N) is 1. The second kappa shape index (κ2) is 8.83. The van der Waals surface area contributed by atoms with Crippen molar-refractivity contribution in [1.29, 1.82) is 0 Å². The first-order chi connectivity index (χ1) is 16.4. The number of alkyl halides is 3. The minimum absolute atomic E-state index is 0.236. The fourth-order valence-corrected chi connectivity index (χ4v) is 3.56. The average Bonchev–Trinajstić information content (AvgIpc) is 3.09. The topological polar surface area (TPSA) is 128 Å². The van der Waals surface area contributed by atoms with Crippen molar-refractivity contribution >= 4 is 28.4 Å². The van der Waals surface area contributed by atoms with Gasteiger partial charge in [-0.05, 0) is 55.3 Å². The van der Waals surface area contributed by atoms with Gasteiger partial charge in [0.25, 0.3) is 5.91 Å². The molecule has 4 aromatic rings. The van der Waals surface area contributed by atoms with E-state index in [2.05, 4.69) is 25.1 Å². The minimum atomic E-state index is -5.06. The number of hydrogen-bond donors (Lipinski definition) is 3. The van der Waals surface area contributed by atoms with E-state index in [0.29, 0.717) is 34.0 Å². The number of nitrogen functional groups attached to an aromatic ring is 1. The molecule has 0 fully saturated rings.